The van der Waals surface area contributed by atoms with E-state index < -0.39 is 23.9 Å². The fourth-order valence-corrected chi connectivity index (χ4v) is 2.95. The Kier molecular flexibility index (Phi) is 4.51. The van der Waals surface area contributed by atoms with Gasteiger partial charge in [0.15, 0.2) is 0 Å². The van der Waals surface area contributed by atoms with Gasteiger partial charge in [0.1, 0.15) is 11.9 Å². The molecule has 1 aliphatic rings. The molecule has 2 aromatic rings. The van der Waals surface area contributed by atoms with E-state index in [1.165, 1.54) is 6.07 Å². The van der Waals surface area contributed by atoms with Crippen LogP contribution < -0.4 is 10.5 Å². The Labute approximate surface area is 146 Å². The van der Waals surface area contributed by atoms with Gasteiger partial charge >= 0.3 is 12.3 Å². The first-order valence-electron chi connectivity index (χ1n) is 7.35. The van der Waals surface area contributed by atoms with Crippen molar-refractivity contribution in [3.05, 3.63) is 52.5 Å². The molecule has 0 saturated heterocycles. The highest BCUT2D eigenvalue weighted by atomic mass is 35.5. The third-order valence-electron chi connectivity index (χ3n) is 3.81. The lowest BCUT2D eigenvalue weighted by Crippen LogP contribution is -2.22. The molecule has 132 valence electrons. The van der Waals surface area contributed by atoms with E-state index >= 15 is 0 Å². The van der Waals surface area contributed by atoms with Crippen molar-refractivity contribution in [2.45, 2.75) is 18.7 Å². The van der Waals surface area contributed by atoms with Crippen molar-refractivity contribution < 1.29 is 27.4 Å². The van der Waals surface area contributed by atoms with Crippen molar-refractivity contribution >= 4 is 17.7 Å². The first kappa shape index (κ1) is 17.4. The molecule has 8 heteroatoms. The van der Waals surface area contributed by atoms with Gasteiger partial charge in [0.2, 0.25) is 0 Å². The van der Waals surface area contributed by atoms with E-state index in [1.807, 2.05) is 0 Å². The first-order valence-corrected chi connectivity index (χ1v) is 7.73. The Balaban J connectivity index is 2.00. The summed E-state index contributed by atoms with van der Waals surface area (Å²) in [5, 5.41) is -0.0154. The average molecular weight is 372 g/mol. The zero-order chi connectivity index (χ0) is 18.2. The van der Waals surface area contributed by atoms with Gasteiger partial charge in [0.25, 0.3) is 0 Å². The molecule has 0 bridgehead atoms. The first-order chi connectivity index (χ1) is 11.7. The lowest BCUT2D eigenvalue weighted by Gasteiger charge is -2.25. The number of rotatable bonds is 2. The molecule has 0 spiro atoms. The van der Waals surface area contributed by atoms with Crippen LogP contribution in [0, 0.1) is 0 Å². The van der Waals surface area contributed by atoms with Crippen LogP contribution in [0.2, 0.25) is 5.02 Å². The summed E-state index contributed by atoms with van der Waals surface area (Å²) in [4.78, 5) is 11.0. The number of halogens is 4. The van der Waals surface area contributed by atoms with Gasteiger partial charge in [-0.3, -0.25) is 0 Å². The largest absolute Gasteiger partial charge is 0.493 e. The van der Waals surface area contributed by atoms with Crippen LogP contribution in [0.1, 0.15) is 23.7 Å². The predicted molar refractivity (Wildman–Crippen MR) is 85.4 cm³/mol. The topological polar surface area (TPSA) is 61.6 Å². The summed E-state index contributed by atoms with van der Waals surface area (Å²) < 4.78 is 49.5. The van der Waals surface area contributed by atoms with Crippen LogP contribution >= 0.6 is 11.6 Å². The highest BCUT2D eigenvalue weighted by molar-refractivity contribution is 6.31. The van der Waals surface area contributed by atoms with E-state index in [0.29, 0.717) is 35.5 Å². The van der Waals surface area contributed by atoms with Crippen molar-refractivity contribution in [1.29, 1.82) is 0 Å². The maximum Gasteiger partial charge on any atom is 0.416 e. The van der Waals surface area contributed by atoms with Crippen molar-refractivity contribution in [3.8, 4) is 16.9 Å². The van der Waals surface area contributed by atoms with Crippen LogP contribution in [0.4, 0.5) is 18.0 Å². The minimum absolute atomic E-state index is 0.0154. The van der Waals surface area contributed by atoms with Crippen LogP contribution in [0.25, 0.3) is 11.1 Å². The van der Waals surface area contributed by atoms with E-state index in [9.17, 15) is 18.0 Å². The third kappa shape index (κ3) is 3.82. The summed E-state index contributed by atoms with van der Waals surface area (Å²) in [5.41, 5.74) is 5.66. The quantitative estimate of drug-likeness (QED) is 0.812. The Morgan fingerprint density at radius 3 is 2.64 bits per heavy atom. The number of hydrogen-bond acceptors (Lipinski definition) is 3. The summed E-state index contributed by atoms with van der Waals surface area (Å²) in [7, 11) is 0. The SMILES string of the molecule is NC(=O)OC1CCOc2cc(-c3cc(Cl)cc(C(F)(F)F)c3)ccc21. The van der Waals surface area contributed by atoms with Gasteiger partial charge < -0.3 is 15.2 Å². The molecule has 0 fully saturated rings. The number of hydrogen-bond donors (Lipinski definition) is 1. The van der Waals surface area contributed by atoms with Gasteiger partial charge in [-0.15, -0.1) is 0 Å². The fraction of sp³-hybridized carbons (Fsp3) is 0.235. The molecule has 3 rings (SSSR count). The van der Waals surface area contributed by atoms with E-state index in [2.05, 4.69) is 0 Å². The number of carbonyl (C=O) groups is 1. The third-order valence-corrected chi connectivity index (χ3v) is 4.03. The summed E-state index contributed by atoms with van der Waals surface area (Å²) >= 11 is 5.83. The molecule has 1 heterocycles. The molecule has 0 radical (unpaired) electrons. The van der Waals surface area contributed by atoms with E-state index in [4.69, 9.17) is 26.8 Å². The number of ether oxygens (including phenoxy) is 2. The molecule has 1 aliphatic heterocycles. The predicted octanol–water partition coefficient (Wildman–Crippen LogP) is 4.94. The van der Waals surface area contributed by atoms with Gasteiger partial charge in [-0.1, -0.05) is 23.7 Å². The summed E-state index contributed by atoms with van der Waals surface area (Å²) in [6.45, 7) is 0.303. The second-order valence-corrected chi connectivity index (χ2v) is 5.98. The molecule has 1 atom stereocenters. The molecule has 1 amide bonds. The molecular formula is C17H13ClF3NO3. The number of benzene rings is 2. The molecular weight excluding hydrogens is 359 g/mol. The second-order valence-electron chi connectivity index (χ2n) is 5.54. The summed E-state index contributed by atoms with van der Waals surface area (Å²) in [6.07, 6.45) is -5.48. The highest BCUT2D eigenvalue weighted by Gasteiger charge is 2.31. The molecule has 0 aromatic heterocycles. The number of amides is 1. The minimum atomic E-state index is -4.50. The lowest BCUT2D eigenvalue weighted by molar-refractivity contribution is -0.137. The molecule has 25 heavy (non-hydrogen) atoms. The lowest BCUT2D eigenvalue weighted by atomic mass is 9.97. The van der Waals surface area contributed by atoms with Gasteiger partial charge in [0.05, 0.1) is 12.2 Å². The van der Waals surface area contributed by atoms with Gasteiger partial charge in [-0.2, -0.15) is 13.2 Å². The van der Waals surface area contributed by atoms with E-state index in [-0.39, 0.29) is 5.02 Å². The molecule has 4 nitrogen and oxygen atoms in total. The standard InChI is InChI=1S/C17H13ClF3NO3/c18-12-6-10(5-11(8-12)17(19,20)21)9-1-2-13-14(25-16(22)23)3-4-24-15(13)7-9/h1-2,5-8,14H,3-4H2,(H2,22,23). The maximum absolute atomic E-state index is 13.0. The van der Waals surface area contributed by atoms with Crippen molar-refractivity contribution in [1.82, 2.24) is 0 Å². The molecule has 1 unspecified atom stereocenters. The van der Waals surface area contributed by atoms with Crippen LogP contribution in [0.3, 0.4) is 0 Å². The zero-order valence-corrected chi connectivity index (χ0v) is 13.5. The van der Waals surface area contributed by atoms with Gasteiger partial charge in [-0.25, -0.2) is 4.79 Å². The van der Waals surface area contributed by atoms with Crippen LogP contribution in [-0.4, -0.2) is 12.7 Å². The molecule has 2 N–H and O–H groups in total. The van der Waals surface area contributed by atoms with Crippen LogP contribution in [0.15, 0.2) is 36.4 Å². The molecule has 0 saturated carbocycles. The minimum Gasteiger partial charge on any atom is -0.493 e. The highest BCUT2D eigenvalue weighted by Crippen LogP contribution is 2.39. The summed E-state index contributed by atoms with van der Waals surface area (Å²) in [5.74, 6) is 0.434. The maximum atomic E-state index is 13.0. The second kappa shape index (κ2) is 6.48. The fourth-order valence-electron chi connectivity index (χ4n) is 2.72. The Morgan fingerprint density at radius 1 is 1.20 bits per heavy atom. The number of fused-ring (bicyclic) bond motifs is 1. The van der Waals surface area contributed by atoms with Crippen molar-refractivity contribution in [2.75, 3.05) is 6.61 Å². The smallest absolute Gasteiger partial charge is 0.416 e. The molecule has 2 aromatic carbocycles. The monoisotopic (exact) mass is 371 g/mol. The van der Waals surface area contributed by atoms with Crippen molar-refractivity contribution in [2.24, 2.45) is 5.73 Å². The average Bonchev–Trinajstić information content (AvgIpc) is 2.53. The Hall–Kier alpha value is -2.41. The number of primary amides is 1. The van der Waals surface area contributed by atoms with Crippen LogP contribution in [-0.2, 0) is 10.9 Å². The van der Waals surface area contributed by atoms with Gasteiger partial charge in [0, 0.05) is 17.0 Å². The van der Waals surface area contributed by atoms with E-state index in [0.717, 1.165) is 12.1 Å². The number of nitrogens with two attached hydrogens (primary N) is 1. The number of alkyl halides is 3. The zero-order valence-electron chi connectivity index (χ0n) is 12.8. The van der Waals surface area contributed by atoms with Gasteiger partial charge in [-0.05, 0) is 35.4 Å². The summed E-state index contributed by atoms with van der Waals surface area (Å²) in [6, 6.07) is 8.20. The number of carbonyl (C=O) groups excluding carboxylic acids is 1. The van der Waals surface area contributed by atoms with Crippen molar-refractivity contribution in [3.63, 3.8) is 0 Å². The normalized spacial score (nSPS) is 16.7. The Morgan fingerprint density at radius 2 is 1.96 bits per heavy atom. The van der Waals surface area contributed by atoms with E-state index in [1.54, 1.807) is 18.2 Å². The van der Waals surface area contributed by atoms with Crippen LogP contribution in [0.5, 0.6) is 5.75 Å². The Bertz CT molecular complexity index is 823. The molecule has 0 aliphatic carbocycles.